The molecule has 0 atom stereocenters. The third-order valence-corrected chi connectivity index (χ3v) is 2.50. The molecule has 7 heteroatoms. The number of nitrogens with one attached hydrogen (secondary N) is 2. The first-order valence-electron chi connectivity index (χ1n) is 5.75. The molecular weight excluding hydrogens is 251 g/mol. The van der Waals surface area contributed by atoms with Gasteiger partial charge in [-0.15, -0.1) is 0 Å². The molecule has 1 aromatic carbocycles. The molecule has 1 rings (SSSR count). The van der Waals surface area contributed by atoms with E-state index < -0.39 is 5.82 Å². The van der Waals surface area contributed by atoms with E-state index in [1.165, 1.54) is 12.1 Å². The maximum absolute atomic E-state index is 13.3. The minimum absolute atomic E-state index is 0.0657. The van der Waals surface area contributed by atoms with Crippen molar-refractivity contribution in [3.8, 4) is 0 Å². The van der Waals surface area contributed by atoms with Crippen LogP contribution in [0.4, 0.5) is 4.39 Å². The van der Waals surface area contributed by atoms with Crippen molar-refractivity contribution in [2.45, 2.75) is 13.0 Å². The Morgan fingerprint density at radius 1 is 1.47 bits per heavy atom. The largest absolute Gasteiger partial charge is 0.409 e. The zero-order chi connectivity index (χ0) is 14.3. The van der Waals surface area contributed by atoms with Crippen LogP contribution in [0.3, 0.4) is 0 Å². The zero-order valence-corrected chi connectivity index (χ0v) is 10.6. The lowest BCUT2D eigenvalue weighted by atomic mass is 10.1. The van der Waals surface area contributed by atoms with Gasteiger partial charge in [0.2, 0.25) is 5.91 Å². The van der Waals surface area contributed by atoms with Crippen molar-refractivity contribution in [1.82, 2.24) is 10.6 Å². The monoisotopic (exact) mass is 268 g/mol. The van der Waals surface area contributed by atoms with Gasteiger partial charge in [-0.1, -0.05) is 5.16 Å². The van der Waals surface area contributed by atoms with Crippen LogP contribution in [0.5, 0.6) is 0 Å². The van der Waals surface area contributed by atoms with Gasteiger partial charge in [0.15, 0.2) is 5.84 Å². The predicted octanol–water partition coefficient (Wildman–Crippen LogP) is 0.146. The van der Waals surface area contributed by atoms with Crippen molar-refractivity contribution in [1.29, 1.82) is 0 Å². The standard InChI is InChI=1S/C12H17FN4O2/c1-15-11(18)2-3-16-7-8-4-9(12(14)17-19)6-10(13)5-8/h4-6,16,19H,2-3,7H2,1H3,(H2,14,17)(H,15,18). The topological polar surface area (TPSA) is 99.7 Å². The maximum atomic E-state index is 13.3. The SMILES string of the molecule is CNC(=O)CCNCc1cc(F)cc(/C(N)=N/O)c1. The van der Waals surface area contributed by atoms with Crippen LogP contribution in [0, 0.1) is 5.82 Å². The minimum Gasteiger partial charge on any atom is -0.409 e. The molecule has 19 heavy (non-hydrogen) atoms. The first kappa shape index (κ1) is 14.9. The molecule has 0 aliphatic rings. The summed E-state index contributed by atoms with van der Waals surface area (Å²) < 4.78 is 13.3. The van der Waals surface area contributed by atoms with Gasteiger partial charge in [0.25, 0.3) is 0 Å². The lowest BCUT2D eigenvalue weighted by Crippen LogP contribution is -2.24. The fourth-order valence-corrected chi connectivity index (χ4v) is 1.52. The van der Waals surface area contributed by atoms with E-state index in [-0.39, 0.29) is 11.7 Å². The fraction of sp³-hybridized carbons (Fsp3) is 0.333. The Kier molecular flexibility index (Phi) is 5.74. The van der Waals surface area contributed by atoms with Crippen LogP contribution in [0.1, 0.15) is 17.5 Å². The number of amidine groups is 1. The van der Waals surface area contributed by atoms with Gasteiger partial charge in [-0.05, 0) is 23.8 Å². The first-order valence-corrected chi connectivity index (χ1v) is 5.75. The molecule has 1 amide bonds. The van der Waals surface area contributed by atoms with E-state index in [0.717, 1.165) is 0 Å². The van der Waals surface area contributed by atoms with Crippen molar-refractivity contribution >= 4 is 11.7 Å². The Hall–Kier alpha value is -2.15. The highest BCUT2D eigenvalue weighted by Crippen LogP contribution is 2.09. The Bertz CT molecular complexity index is 477. The number of nitrogens with zero attached hydrogens (tertiary/aromatic N) is 1. The summed E-state index contributed by atoms with van der Waals surface area (Å²) in [5.74, 6) is -0.678. The molecule has 0 bridgehead atoms. The van der Waals surface area contributed by atoms with Gasteiger partial charge in [0, 0.05) is 32.1 Å². The highest BCUT2D eigenvalue weighted by atomic mass is 19.1. The fourth-order valence-electron chi connectivity index (χ4n) is 1.52. The summed E-state index contributed by atoms with van der Waals surface area (Å²) in [6.45, 7) is 0.871. The summed E-state index contributed by atoms with van der Waals surface area (Å²) in [5, 5.41) is 16.9. The Balaban J connectivity index is 2.59. The number of rotatable bonds is 6. The zero-order valence-electron chi connectivity index (χ0n) is 10.6. The molecule has 6 nitrogen and oxygen atoms in total. The van der Waals surface area contributed by atoms with Crippen molar-refractivity contribution in [2.75, 3.05) is 13.6 Å². The summed E-state index contributed by atoms with van der Waals surface area (Å²) in [6, 6.07) is 4.15. The van der Waals surface area contributed by atoms with Crippen LogP contribution >= 0.6 is 0 Å². The number of hydrogen-bond acceptors (Lipinski definition) is 4. The minimum atomic E-state index is -0.466. The van der Waals surface area contributed by atoms with Gasteiger partial charge in [-0.25, -0.2) is 4.39 Å². The number of oxime groups is 1. The van der Waals surface area contributed by atoms with Crippen LogP contribution < -0.4 is 16.4 Å². The quantitative estimate of drug-likeness (QED) is 0.194. The van der Waals surface area contributed by atoms with E-state index in [1.54, 1.807) is 13.1 Å². The number of nitrogens with two attached hydrogens (primary N) is 1. The first-order chi connectivity index (χ1) is 9.06. The molecule has 1 aromatic rings. The van der Waals surface area contributed by atoms with Crippen LogP contribution in [-0.2, 0) is 11.3 Å². The van der Waals surface area contributed by atoms with Crippen LogP contribution in [0.2, 0.25) is 0 Å². The predicted molar refractivity (Wildman–Crippen MR) is 69.3 cm³/mol. The molecule has 0 saturated heterocycles. The average molecular weight is 268 g/mol. The van der Waals surface area contributed by atoms with Gasteiger partial charge >= 0.3 is 0 Å². The van der Waals surface area contributed by atoms with Crippen molar-refractivity contribution < 1.29 is 14.4 Å². The lowest BCUT2D eigenvalue weighted by molar-refractivity contribution is -0.120. The van der Waals surface area contributed by atoms with E-state index in [1.807, 2.05) is 0 Å². The van der Waals surface area contributed by atoms with Crippen LogP contribution in [0.25, 0.3) is 0 Å². The van der Waals surface area contributed by atoms with Crippen molar-refractivity contribution in [2.24, 2.45) is 10.9 Å². The number of benzene rings is 1. The molecule has 0 fully saturated rings. The Morgan fingerprint density at radius 2 is 2.21 bits per heavy atom. The van der Waals surface area contributed by atoms with E-state index in [9.17, 15) is 9.18 Å². The van der Waals surface area contributed by atoms with E-state index in [4.69, 9.17) is 10.9 Å². The van der Waals surface area contributed by atoms with Crippen LogP contribution in [-0.4, -0.2) is 30.5 Å². The Labute approximate surface area is 110 Å². The third-order valence-electron chi connectivity index (χ3n) is 2.50. The molecule has 0 aliphatic heterocycles. The second-order valence-electron chi connectivity index (χ2n) is 3.93. The number of amides is 1. The molecule has 0 aromatic heterocycles. The average Bonchev–Trinajstić information content (AvgIpc) is 2.41. The molecule has 0 heterocycles. The van der Waals surface area contributed by atoms with Gasteiger partial charge < -0.3 is 21.6 Å². The van der Waals surface area contributed by atoms with E-state index >= 15 is 0 Å². The van der Waals surface area contributed by atoms with Gasteiger partial charge in [-0.2, -0.15) is 0 Å². The Morgan fingerprint density at radius 3 is 2.84 bits per heavy atom. The van der Waals surface area contributed by atoms with Crippen LogP contribution in [0.15, 0.2) is 23.4 Å². The maximum Gasteiger partial charge on any atom is 0.221 e. The molecule has 0 saturated carbocycles. The number of halogens is 1. The van der Waals surface area contributed by atoms with Gasteiger partial charge in [-0.3, -0.25) is 4.79 Å². The summed E-state index contributed by atoms with van der Waals surface area (Å²) >= 11 is 0. The molecule has 0 unspecified atom stereocenters. The molecule has 5 N–H and O–H groups in total. The number of hydrogen-bond donors (Lipinski definition) is 4. The summed E-state index contributed by atoms with van der Waals surface area (Å²) in [5.41, 5.74) is 6.37. The van der Waals surface area contributed by atoms with E-state index in [2.05, 4.69) is 15.8 Å². The normalized spacial score (nSPS) is 11.4. The molecule has 104 valence electrons. The van der Waals surface area contributed by atoms with Gasteiger partial charge in [0.05, 0.1) is 0 Å². The van der Waals surface area contributed by atoms with Crippen molar-refractivity contribution in [3.63, 3.8) is 0 Å². The third kappa shape index (κ3) is 4.92. The molecular formula is C12H17FN4O2. The second-order valence-corrected chi connectivity index (χ2v) is 3.93. The van der Waals surface area contributed by atoms with Crippen molar-refractivity contribution in [3.05, 3.63) is 35.1 Å². The van der Waals surface area contributed by atoms with Gasteiger partial charge in [0.1, 0.15) is 5.82 Å². The summed E-state index contributed by atoms with van der Waals surface area (Å²) in [6.07, 6.45) is 0.346. The smallest absolute Gasteiger partial charge is 0.221 e. The molecule has 0 aliphatic carbocycles. The summed E-state index contributed by atoms with van der Waals surface area (Å²) in [7, 11) is 1.57. The van der Waals surface area contributed by atoms with E-state index in [0.29, 0.717) is 30.6 Å². The summed E-state index contributed by atoms with van der Waals surface area (Å²) in [4.78, 5) is 11.0. The molecule has 0 radical (unpaired) electrons. The molecule has 0 spiro atoms. The second kappa shape index (κ2) is 7.32. The number of carbonyl (C=O) groups is 1. The number of carbonyl (C=O) groups excluding carboxylic acids is 1. The highest BCUT2D eigenvalue weighted by molar-refractivity contribution is 5.97. The highest BCUT2D eigenvalue weighted by Gasteiger charge is 2.05. The lowest BCUT2D eigenvalue weighted by Gasteiger charge is -2.07.